The summed E-state index contributed by atoms with van der Waals surface area (Å²) in [5, 5.41) is 3.88. The van der Waals surface area contributed by atoms with Crippen LogP contribution in [-0.4, -0.2) is 62.0 Å². The minimum atomic E-state index is -3.48. The Kier molecular flexibility index (Phi) is 4.56. The molecule has 0 radical (unpaired) electrons. The summed E-state index contributed by atoms with van der Waals surface area (Å²) in [6.07, 6.45) is 2.84. The quantitative estimate of drug-likeness (QED) is 0.784. The molecule has 1 N–H and O–H groups in total. The molecule has 0 unspecified atom stereocenters. The Morgan fingerprint density at radius 2 is 2.16 bits per heavy atom. The van der Waals surface area contributed by atoms with Gasteiger partial charge in [-0.1, -0.05) is 0 Å². The van der Waals surface area contributed by atoms with Gasteiger partial charge in [-0.15, -0.1) is 0 Å². The summed E-state index contributed by atoms with van der Waals surface area (Å²) in [7, 11) is -1.79. The van der Waals surface area contributed by atoms with Gasteiger partial charge in [0.05, 0.1) is 19.4 Å². The van der Waals surface area contributed by atoms with E-state index < -0.39 is 10.0 Å². The van der Waals surface area contributed by atoms with E-state index in [1.165, 1.54) is 17.1 Å². The van der Waals surface area contributed by atoms with Gasteiger partial charge in [-0.3, -0.25) is 9.58 Å². The first-order valence-corrected chi connectivity index (χ1v) is 7.77. The second-order valence-corrected chi connectivity index (χ2v) is 6.50. The number of rotatable bonds is 5. The SMILES string of the molecule is C[C@@H](CN1CCOCC1)NS(=O)(=O)c1cnn(C)c1. The number of ether oxygens (including phenoxy) is 1. The average Bonchev–Trinajstić information content (AvgIpc) is 2.77. The summed E-state index contributed by atoms with van der Waals surface area (Å²) in [6.45, 7) is 5.66. The van der Waals surface area contributed by atoms with Gasteiger partial charge in [-0.25, -0.2) is 13.1 Å². The summed E-state index contributed by atoms with van der Waals surface area (Å²) >= 11 is 0. The van der Waals surface area contributed by atoms with Crippen LogP contribution < -0.4 is 4.72 Å². The first kappa shape index (κ1) is 14.4. The molecule has 1 aliphatic rings. The van der Waals surface area contributed by atoms with E-state index in [4.69, 9.17) is 4.74 Å². The van der Waals surface area contributed by atoms with Crippen molar-refractivity contribution < 1.29 is 13.2 Å². The van der Waals surface area contributed by atoms with Crippen molar-refractivity contribution in [3.63, 3.8) is 0 Å². The maximum Gasteiger partial charge on any atom is 0.243 e. The van der Waals surface area contributed by atoms with Crippen molar-refractivity contribution in [2.24, 2.45) is 7.05 Å². The molecule has 19 heavy (non-hydrogen) atoms. The van der Waals surface area contributed by atoms with Crippen molar-refractivity contribution in [2.75, 3.05) is 32.8 Å². The van der Waals surface area contributed by atoms with Crippen LogP contribution in [-0.2, 0) is 21.8 Å². The maximum atomic E-state index is 12.1. The number of aryl methyl sites for hydroxylation is 1. The van der Waals surface area contributed by atoms with Crippen LogP contribution in [0.3, 0.4) is 0 Å². The molecule has 1 aromatic heterocycles. The van der Waals surface area contributed by atoms with Crippen molar-refractivity contribution in [1.29, 1.82) is 0 Å². The molecule has 0 saturated carbocycles. The number of nitrogens with zero attached hydrogens (tertiary/aromatic N) is 3. The number of morpholine rings is 1. The largest absolute Gasteiger partial charge is 0.379 e. The topological polar surface area (TPSA) is 76.5 Å². The zero-order valence-corrected chi connectivity index (χ0v) is 12.1. The highest BCUT2D eigenvalue weighted by molar-refractivity contribution is 7.89. The lowest BCUT2D eigenvalue weighted by molar-refractivity contribution is 0.0354. The predicted octanol–water partition coefficient (Wildman–Crippen LogP) is -0.581. The fourth-order valence-electron chi connectivity index (χ4n) is 2.08. The molecular formula is C11H20N4O3S. The van der Waals surface area contributed by atoms with E-state index in [0.29, 0.717) is 19.8 Å². The molecule has 1 atom stereocenters. The van der Waals surface area contributed by atoms with Gasteiger partial charge in [0, 0.05) is 38.9 Å². The molecule has 2 heterocycles. The van der Waals surface area contributed by atoms with E-state index in [9.17, 15) is 8.42 Å². The van der Waals surface area contributed by atoms with Crippen molar-refractivity contribution >= 4 is 10.0 Å². The van der Waals surface area contributed by atoms with Crippen molar-refractivity contribution in [3.05, 3.63) is 12.4 Å². The second-order valence-electron chi connectivity index (χ2n) is 4.79. The molecule has 1 saturated heterocycles. The summed E-state index contributed by atoms with van der Waals surface area (Å²) in [5.74, 6) is 0. The Labute approximate surface area is 113 Å². The fraction of sp³-hybridized carbons (Fsp3) is 0.727. The predicted molar refractivity (Wildman–Crippen MR) is 70.3 cm³/mol. The third-order valence-corrected chi connectivity index (χ3v) is 4.53. The Balaban J connectivity index is 1.92. The van der Waals surface area contributed by atoms with E-state index in [0.717, 1.165) is 13.1 Å². The van der Waals surface area contributed by atoms with Crippen molar-refractivity contribution in [1.82, 2.24) is 19.4 Å². The highest BCUT2D eigenvalue weighted by atomic mass is 32.2. The molecule has 108 valence electrons. The zero-order chi connectivity index (χ0) is 13.9. The standard InChI is InChI=1S/C11H20N4O3S/c1-10(8-15-3-5-18-6-4-15)13-19(16,17)11-7-12-14(2)9-11/h7,9-10,13H,3-6,8H2,1-2H3/t10-/m0/s1. The lowest BCUT2D eigenvalue weighted by Gasteiger charge is -2.29. The van der Waals surface area contributed by atoms with E-state index in [2.05, 4.69) is 14.7 Å². The van der Waals surface area contributed by atoms with Crippen molar-refractivity contribution in [3.8, 4) is 0 Å². The van der Waals surface area contributed by atoms with Gasteiger partial charge in [-0.05, 0) is 6.92 Å². The van der Waals surface area contributed by atoms with Crippen LogP contribution in [0.25, 0.3) is 0 Å². The van der Waals surface area contributed by atoms with Gasteiger partial charge < -0.3 is 4.74 Å². The van der Waals surface area contributed by atoms with E-state index in [1.807, 2.05) is 6.92 Å². The van der Waals surface area contributed by atoms with Gasteiger partial charge in [-0.2, -0.15) is 5.10 Å². The molecule has 0 spiro atoms. The monoisotopic (exact) mass is 288 g/mol. The van der Waals surface area contributed by atoms with Gasteiger partial charge in [0.15, 0.2) is 0 Å². The van der Waals surface area contributed by atoms with Gasteiger partial charge in [0.1, 0.15) is 4.90 Å². The average molecular weight is 288 g/mol. The summed E-state index contributed by atoms with van der Waals surface area (Å²) in [6, 6.07) is -0.150. The molecule has 0 amide bonds. The highest BCUT2D eigenvalue weighted by Crippen LogP contribution is 2.07. The van der Waals surface area contributed by atoms with Crippen LogP contribution in [0.4, 0.5) is 0 Å². The number of hydrogen-bond acceptors (Lipinski definition) is 5. The minimum absolute atomic E-state index is 0.150. The Morgan fingerprint density at radius 3 is 2.74 bits per heavy atom. The molecule has 1 aliphatic heterocycles. The van der Waals surface area contributed by atoms with Crippen LogP contribution in [0.2, 0.25) is 0 Å². The van der Waals surface area contributed by atoms with Gasteiger partial charge >= 0.3 is 0 Å². The minimum Gasteiger partial charge on any atom is -0.379 e. The summed E-state index contributed by atoms with van der Waals surface area (Å²) < 4.78 is 33.6. The molecule has 8 heteroatoms. The van der Waals surface area contributed by atoms with Crippen LogP contribution in [0.5, 0.6) is 0 Å². The zero-order valence-electron chi connectivity index (χ0n) is 11.2. The molecular weight excluding hydrogens is 268 g/mol. The van der Waals surface area contributed by atoms with Gasteiger partial charge in [0.25, 0.3) is 0 Å². The Bertz CT molecular complexity index is 508. The number of nitrogens with one attached hydrogen (secondary N) is 1. The Morgan fingerprint density at radius 1 is 1.47 bits per heavy atom. The molecule has 1 fully saturated rings. The van der Waals surface area contributed by atoms with Gasteiger partial charge in [0.2, 0.25) is 10.0 Å². The number of hydrogen-bond donors (Lipinski definition) is 1. The van der Waals surface area contributed by atoms with Crippen LogP contribution in [0.15, 0.2) is 17.3 Å². The Hall–Kier alpha value is -0.960. The van der Waals surface area contributed by atoms with Crippen molar-refractivity contribution in [2.45, 2.75) is 17.9 Å². The molecule has 2 rings (SSSR count). The third-order valence-electron chi connectivity index (χ3n) is 2.98. The number of aromatic nitrogens is 2. The first-order valence-electron chi connectivity index (χ1n) is 6.28. The molecule has 0 aromatic carbocycles. The third kappa shape index (κ3) is 4.00. The lowest BCUT2D eigenvalue weighted by atomic mass is 10.3. The normalized spacial score (nSPS) is 19.5. The van der Waals surface area contributed by atoms with E-state index in [-0.39, 0.29) is 10.9 Å². The van der Waals surface area contributed by atoms with E-state index >= 15 is 0 Å². The second kappa shape index (κ2) is 6.00. The summed E-state index contributed by atoms with van der Waals surface area (Å²) in [4.78, 5) is 2.39. The first-order chi connectivity index (χ1) is 8.97. The molecule has 1 aromatic rings. The number of sulfonamides is 1. The fourth-order valence-corrected chi connectivity index (χ4v) is 3.30. The highest BCUT2D eigenvalue weighted by Gasteiger charge is 2.21. The van der Waals surface area contributed by atoms with Crippen LogP contribution >= 0.6 is 0 Å². The van der Waals surface area contributed by atoms with Crippen LogP contribution in [0, 0.1) is 0 Å². The summed E-state index contributed by atoms with van der Waals surface area (Å²) in [5.41, 5.74) is 0. The smallest absolute Gasteiger partial charge is 0.243 e. The lowest BCUT2D eigenvalue weighted by Crippen LogP contribution is -2.45. The molecule has 0 aliphatic carbocycles. The van der Waals surface area contributed by atoms with E-state index in [1.54, 1.807) is 7.05 Å². The maximum absolute atomic E-state index is 12.1. The molecule has 7 nitrogen and oxygen atoms in total. The molecule has 0 bridgehead atoms. The van der Waals surface area contributed by atoms with Crippen LogP contribution in [0.1, 0.15) is 6.92 Å².